The van der Waals surface area contributed by atoms with Crippen LogP contribution in [0.15, 0.2) is 18.2 Å². The lowest BCUT2D eigenvalue weighted by Gasteiger charge is -2.33. The summed E-state index contributed by atoms with van der Waals surface area (Å²) in [4.78, 5) is 13.7. The van der Waals surface area contributed by atoms with Gasteiger partial charge in [0.05, 0.1) is 5.02 Å². The Balaban J connectivity index is 1.82. The predicted molar refractivity (Wildman–Crippen MR) is 80.4 cm³/mol. The molecule has 5 heteroatoms. The van der Waals surface area contributed by atoms with Gasteiger partial charge in [-0.15, -0.1) is 0 Å². The molecule has 1 aromatic rings. The van der Waals surface area contributed by atoms with Gasteiger partial charge in [-0.1, -0.05) is 30.5 Å². The number of carboxylic acid groups (broad SMARTS) is 1. The minimum Gasteiger partial charge on any atom is -0.506 e. The van der Waals surface area contributed by atoms with Crippen LogP contribution in [0.2, 0.25) is 5.02 Å². The molecule has 1 saturated carbocycles. The summed E-state index contributed by atoms with van der Waals surface area (Å²) in [5, 5.41) is 19.3. The predicted octanol–water partition coefficient (Wildman–Crippen LogP) is 3.26. The van der Waals surface area contributed by atoms with Crippen LogP contribution in [0.3, 0.4) is 0 Å². The Morgan fingerprint density at radius 2 is 2.10 bits per heavy atom. The molecule has 2 aliphatic rings. The fourth-order valence-corrected chi connectivity index (χ4v) is 4.09. The molecule has 3 unspecified atom stereocenters. The molecule has 2 fully saturated rings. The molecule has 1 aliphatic heterocycles. The fraction of sp³-hybridized carbons (Fsp3) is 0.562. The Morgan fingerprint density at radius 3 is 2.81 bits per heavy atom. The molecule has 114 valence electrons. The Labute approximate surface area is 129 Å². The quantitative estimate of drug-likeness (QED) is 0.899. The van der Waals surface area contributed by atoms with Gasteiger partial charge in [0.2, 0.25) is 0 Å². The summed E-state index contributed by atoms with van der Waals surface area (Å²) < 4.78 is 0. The standard InChI is InChI=1S/C16H20ClNO3/c17-12-7-10(5-6-15(12)19)9-18-13-4-2-1-3-11(13)8-14(18)16(20)21/h5-7,11,13-14,19H,1-4,8-9H2,(H,20,21). The first kappa shape index (κ1) is 14.7. The maximum Gasteiger partial charge on any atom is 0.320 e. The molecule has 1 heterocycles. The number of likely N-dealkylation sites (tertiary alicyclic amines) is 1. The van der Waals surface area contributed by atoms with E-state index >= 15 is 0 Å². The van der Waals surface area contributed by atoms with Gasteiger partial charge in [-0.3, -0.25) is 9.69 Å². The van der Waals surface area contributed by atoms with Crippen molar-refractivity contribution in [2.45, 2.75) is 50.7 Å². The number of halogens is 1. The number of hydrogen-bond acceptors (Lipinski definition) is 3. The molecule has 1 aromatic carbocycles. The van der Waals surface area contributed by atoms with Crippen LogP contribution >= 0.6 is 11.6 Å². The maximum atomic E-state index is 11.6. The number of rotatable bonds is 3. The Kier molecular flexibility index (Phi) is 4.09. The van der Waals surface area contributed by atoms with Crippen LogP contribution in [0.1, 0.15) is 37.7 Å². The van der Waals surface area contributed by atoms with E-state index in [9.17, 15) is 15.0 Å². The van der Waals surface area contributed by atoms with E-state index < -0.39 is 12.0 Å². The third kappa shape index (κ3) is 2.87. The van der Waals surface area contributed by atoms with Crippen LogP contribution < -0.4 is 0 Å². The summed E-state index contributed by atoms with van der Waals surface area (Å²) in [6.07, 6.45) is 5.38. The van der Waals surface area contributed by atoms with Crippen molar-refractivity contribution in [3.8, 4) is 5.75 Å². The van der Waals surface area contributed by atoms with Crippen molar-refractivity contribution >= 4 is 17.6 Å². The SMILES string of the molecule is O=C(O)C1CC2CCCCC2N1Cc1ccc(O)c(Cl)c1. The van der Waals surface area contributed by atoms with Crippen molar-refractivity contribution in [2.24, 2.45) is 5.92 Å². The van der Waals surface area contributed by atoms with Crippen LogP contribution in [0.25, 0.3) is 0 Å². The first-order chi connectivity index (χ1) is 10.1. The van der Waals surface area contributed by atoms with Crippen molar-refractivity contribution in [1.29, 1.82) is 0 Å². The van der Waals surface area contributed by atoms with Crippen LogP contribution in [0.5, 0.6) is 5.75 Å². The average Bonchev–Trinajstić information content (AvgIpc) is 2.82. The van der Waals surface area contributed by atoms with Gasteiger partial charge in [-0.25, -0.2) is 0 Å². The Morgan fingerprint density at radius 1 is 1.33 bits per heavy atom. The van der Waals surface area contributed by atoms with Crippen molar-refractivity contribution in [2.75, 3.05) is 0 Å². The second-order valence-corrected chi connectivity index (χ2v) is 6.57. The molecule has 0 radical (unpaired) electrons. The molecule has 3 rings (SSSR count). The number of fused-ring (bicyclic) bond motifs is 1. The van der Waals surface area contributed by atoms with Gasteiger partial charge in [0.25, 0.3) is 0 Å². The zero-order valence-electron chi connectivity index (χ0n) is 11.8. The lowest BCUT2D eigenvalue weighted by atomic mass is 9.84. The molecular formula is C16H20ClNO3. The maximum absolute atomic E-state index is 11.6. The highest BCUT2D eigenvalue weighted by Gasteiger charge is 2.44. The van der Waals surface area contributed by atoms with Crippen LogP contribution in [0, 0.1) is 5.92 Å². The highest BCUT2D eigenvalue weighted by atomic mass is 35.5. The number of aromatic hydroxyl groups is 1. The van der Waals surface area contributed by atoms with Crippen molar-refractivity contribution in [3.63, 3.8) is 0 Å². The van der Waals surface area contributed by atoms with Gasteiger partial charge in [0.15, 0.2) is 0 Å². The number of carboxylic acids is 1. The van der Waals surface area contributed by atoms with Gasteiger partial charge in [-0.2, -0.15) is 0 Å². The minimum atomic E-state index is -0.728. The number of hydrogen-bond donors (Lipinski definition) is 2. The second-order valence-electron chi connectivity index (χ2n) is 6.16. The molecule has 1 saturated heterocycles. The normalized spacial score (nSPS) is 29.3. The Bertz CT molecular complexity index is 548. The summed E-state index contributed by atoms with van der Waals surface area (Å²) in [5.41, 5.74) is 0.954. The van der Waals surface area contributed by atoms with Gasteiger partial charge in [0.1, 0.15) is 11.8 Å². The number of phenols is 1. The zero-order chi connectivity index (χ0) is 15.0. The number of nitrogens with zero attached hydrogens (tertiary/aromatic N) is 1. The van der Waals surface area contributed by atoms with Crippen molar-refractivity contribution in [1.82, 2.24) is 4.90 Å². The summed E-state index contributed by atoms with van der Waals surface area (Å²) in [5.74, 6) is -0.158. The summed E-state index contributed by atoms with van der Waals surface area (Å²) in [6.45, 7) is 0.581. The van der Waals surface area contributed by atoms with E-state index in [-0.39, 0.29) is 5.75 Å². The van der Waals surface area contributed by atoms with Crippen molar-refractivity contribution < 1.29 is 15.0 Å². The largest absolute Gasteiger partial charge is 0.506 e. The monoisotopic (exact) mass is 309 g/mol. The highest BCUT2D eigenvalue weighted by Crippen LogP contribution is 2.40. The number of carbonyl (C=O) groups is 1. The smallest absolute Gasteiger partial charge is 0.320 e. The van der Waals surface area contributed by atoms with Gasteiger partial charge in [-0.05, 0) is 42.9 Å². The van der Waals surface area contributed by atoms with E-state index in [4.69, 9.17) is 11.6 Å². The molecule has 0 spiro atoms. The number of benzene rings is 1. The fourth-order valence-electron chi connectivity index (χ4n) is 3.88. The van der Waals surface area contributed by atoms with Gasteiger partial charge >= 0.3 is 5.97 Å². The second kappa shape index (κ2) is 5.85. The molecule has 4 nitrogen and oxygen atoms in total. The van der Waals surface area contributed by atoms with E-state index in [1.807, 2.05) is 6.07 Å². The summed E-state index contributed by atoms with van der Waals surface area (Å²) in [7, 11) is 0. The molecule has 0 bridgehead atoms. The number of phenolic OH excluding ortho intramolecular Hbond substituents is 1. The molecule has 21 heavy (non-hydrogen) atoms. The van der Waals surface area contributed by atoms with E-state index in [1.54, 1.807) is 12.1 Å². The summed E-state index contributed by atoms with van der Waals surface area (Å²) >= 11 is 5.95. The lowest BCUT2D eigenvalue weighted by molar-refractivity contribution is -0.142. The first-order valence-corrected chi connectivity index (χ1v) is 7.90. The molecule has 2 N–H and O–H groups in total. The van der Waals surface area contributed by atoms with Crippen LogP contribution in [-0.2, 0) is 11.3 Å². The molecule has 0 aromatic heterocycles. The molecular weight excluding hydrogens is 290 g/mol. The lowest BCUT2D eigenvalue weighted by Crippen LogP contribution is -2.41. The highest BCUT2D eigenvalue weighted by molar-refractivity contribution is 6.32. The van der Waals surface area contributed by atoms with Gasteiger partial charge < -0.3 is 10.2 Å². The molecule has 1 aliphatic carbocycles. The van der Waals surface area contributed by atoms with Crippen molar-refractivity contribution in [3.05, 3.63) is 28.8 Å². The zero-order valence-corrected chi connectivity index (χ0v) is 12.6. The average molecular weight is 310 g/mol. The third-order valence-electron chi connectivity index (χ3n) is 4.88. The van der Waals surface area contributed by atoms with E-state index in [0.29, 0.717) is 23.5 Å². The first-order valence-electron chi connectivity index (χ1n) is 7.52. The molecule has 3 atom stereocenters. The van der Waals surface area contributed by atoms with E-state index in [0.717, 1.165) is 24.8 Å². The summed E-state index contributed by atoms with van der Waals surface area (Å²) in [6, 6.07) is 5.09. The minimum absolute atomic E-state index is 0.0622. The third-order valence-corrected chi connectivity index (χ3v) is 5.19. The van der Waals surface area contributed by atoms with E-state index in [1.165, 1.54) is 12.8 Å². The van der Waals surface area contributed by atoms with Crippen LogP contribution in [0.4, 0.5) is 0 Å². The number of aliphatic carboxylic acids is 1. The Hall–Kier alpha value is -1.26. The topological polar surface area (TPSA) is 60.8 Å². The van der Waals surface area contributed by atoms with E-state index in [2.05, 4.69) is 4.90 Å². The van der Waals surface area contributed by atoms with Gasteiger partial charge in [0, 0.05) is 12.6 Å². The van der Waals surface area contributed by atoms with Crippen LogP contribution in [-0.4, -0.2) is 33.2 Å². The molecule has 0 amide bonds.